The molecule has 3 aromatic rings. The molecule has 2 heterocycles. The highest BCUT2D eigenvalue weighted by atomic mass is 32.2. The molecule has 9 heteroatoms. The zero-order chi connectivity index (χ0) is 19.1. The number of carbonyl (C=O) groups excluding carboxylic acids is 1. The molecule has 0 aliphatic rings. The Balaban J connectivity index is 2.16. The molecule has 1 aromatic carbocycles. The number of amides is 1. The van der Waals surface area contributed by atoms with Gasteiger partial charge in [0.25, 0.3) is 0 Å². The highest BCUT2D eigenvalue weighted by Crippen LogP contribution is 2.36. The van der Waals surface area contributed by atoms with Gasteiger partial charge in [-0.25, -0.2) is 18.4 Å². The molecule has 7 nitrogen and oxygen atoms in total. The lowest BCUT2D eigenvalue weighted by Crippen LogP contribution is -2.04. The van der Waals surface area contributed by atoms with Gasteiger partial charge in [-0.1, -0.05) is 17.4 Å². The van der Waals surface area contributed by atoms with Gasteiger partial charge in [0.15, 0.2) is 15.0 Å². The highest BCUT2D eigenvalue weighted by Gasteiger charge is 2.19. The molecular weight excluding hydrogens is 372 g/mol. The zero-order valence-electron chi connectivity index (χ0n) is 14.7. The Kier molecular flexibility index (Phi) is 4.68. The number of aryl methyl sites for hydroxylation is 2. The van der Waals surface area contributed by atoms with Gasteiger partial charge in [0.05, 0.1) is 15.5 Å². The average molecular weight is 390 g/mol. The van der Waals surface area contributed by atoms with Crippen LogP contribution in [0.3, 0.4) is 0 Å². The van der Waals surface area contributed by atoms with Crippen LogP contribution in [0.25, 0.3) is 21.8 Å². The average Bonchev–Trinajstić information content (AvgIpc) is 3.11. The number of anilines is 1. The number of benzene rings is 1. The van der Waals surface area contributed by atoms with E-state index in [9.17, 15) is 13.2 Å². The number of thiazole rings is 1. The van der Waals surface area contributed by atoms with E-state index in [1.54, 1.807) is 24.4 Å². The molecule has 0 spiro atoms. The molecule has 2 aromatic heterocycles. The van der Waals surface area contributed by atoms with Crippen LogP contribution in [0.2, 0.25) is 0 Å². The monoisotopic (exact) mass is 390 g/mol. The molecule has 0 atom stereocenters. The van der Waals surface area contributed by atoms with E-state index in [1.165, 1.54) is 24.5 Å². The van der Waals surface area contributed by atoms with E-state index in [-0.39, 0.29) is 10.8 Å². The number of rotatable bonds is 4. The summed E-state index contributed by atoms with van der Waals surface area (Å²) in [6.45, 7) is 5.13. The molecule has 3 rings (SSSR count). The summed E-state index contributed by atoms with van der Waals surface area (Å²) in [6.07, 6.45) is 2.83. The topological polar surface area (TPSA) is 105 Å². The summed E-state index contributed by atoms with van der Waals surface area (Å²) in [4.78, 5) is 24.0. The SMILES string of the molecule is CC(=O)Nc1nc(C)c(-c2ccc(S(C)(=O)=O)c(-c3ncc(C)[nH]3)c2)s1. The molecule has 1 amide bonds. The van der Waals surface area contributed by atoms with Crippen LogP contribution in [0.4, 0.5) is 5.13 Å². The number of aromatic nitrogens is 3. The number of carbonyl (C=O) groups is 1. The maximum atomic E-state index is 12.2. The van der Waals surface area contributed by atoms with Crippen molar-refractivity contribution in [2.45, 2.75) is 25.7 Å². The molecule has 0 saturated carbocycles. The first-order valence-electron chi connectivity index (χ1n) is 7.76. The summed E-state index contributed by atoms with van der Waals surface area (Å²) in [6, 6.07) is 5.11. The third-order valence-electron chi connectivity index (χ3n) is 3.68. The van der Waals surface area contributed by atoms with Crippen molar-refractivity contribution in [3.63, 3.8) is 0 Å². The van der Waals surface area contributed by atoms with E-state index in [2.05, 4.69) is 20.3 Å². The second kappa shape index (κ2) is 6.65. The van der Waals surface area contributed by atoms with Gasteiger partial charge in [0, 0.05) is 30.6 Å². The fourth-order valence-corrected chi connectivity index (χ4v) is 4.48. The van der Waals surface area contributed by atoms with Crippen LogP contribution >= 0.6 is 11.3 Å². The van der Waals surface area contributed by atoms with Gasteiger partial charge in [-0.15, -0.1) is 0 Å². The molecule has 0 aliphatic carbocycles. The van der Waals surface area contributed by atoms with Gasteiger partial charge < -0.3 is 10.3 Å². The van der Waals surface area contributed by atoms with Crippen LogP contribution < -0.4 is 5.32 Å². The Morgan fingerprint density at radius 1 is 1.27 bits per heavy atom. The maximum absolute atomic E-state index is 12.2. The van der Waals surface area contributed by atoms with E-state index in [1.807, 2.05) is 13.8 Å². The molecule has 0 unspecified atom stereocenters. The third-order valence-corrected chi connectivity index (χ3v) is 5.96. The molecule has 0 radical (unpaired) electrons. The van der Waals surface area contributed by atoms with Gasteiger partial charge >= 0.3 is 0 Å². The normalized spacial score (nSPS) is 11.5. The summed E-state index contributed by atoms with van der Waals surface area (Å²) < 4.78 is 24.4. The standard InChI is InChI=1S/C17H18N4O3S2/c1-9-8-18-16(19-9)13-7-12(5-6-14(13)26(4,23)24)15-10(2)20-17(25-15)21-11(3)22/h5-8H,1-4H3,(H,18,19)(H,20,21,22). The highest BCUT2D eigenvalue weighted by molar-refractivity contribution is 7.90. The Labute approximate surface area is 155 Å². The predicted octanol–water partition coefficient (Wildman–Crippen LogP) is 3.18. The number of nitrogens with zero attached hydrogens (tertiary/aromatic N) is 2. The molecule has 0 saturated heterocycles. The fraction of sp³-hybridized carbons (Fsp3) is 0.235. The van der Waals surface area contributed by atoms with Crippen LogP contribution in [0, 0.1) is 13.8 Å². The molecule has 0 aliphatic heterocycles. The van der Waals surface area contributed by atoms with Crippen LogP contribution in [-0.4, -0.2) is 35.5 Å². The summed E-state index contributed by atoms with van der Waals surface area (Å²) in [7, 11) is -3.42. The zero-order valence-corrected chi connectivity index (χ0v) is 16.4. The van der Waals surface area contributed by atoms with Crippen molar-refractivity contribution in [3.05, 3.63) is 35.8 Å². The number of hydrogen-bond acceptors (Lipinski definition) is 6. The van der Waals surface area contributed by atoms with Crippen molar-refractivity contribution in [1.82, 2.24) is 15.0 Å². The Morgan fingerprint density at radius 3 is 2.58 bits per heavy atom. The summed E-state index contributed by atoms with van der Waals surface area (Å²) in [5, 5.41) is 3.18. The quantitative estimate of drug-likeness (QED) is 0.712. The summed E-state index contributed by atoms with van der Waals surface area (Å²) >= 11 is 1.34. The first kappa shape index (κ1) is 18.3. The van der Waals surface area contributed by atoms with E-state index in [4.69, 9.17) is 0 Å². The van der Waals surface area contributed by atoms with Gasteiger partial charge in [0.1, 0.15) is 5.82 Å². The van der Waals surface area contributed by atoms with Crippen molar-refractivity contribution in [3.8, 4) is 21.8 Å². The second-order valence-corrected chi connectivity index (χ2v) is 9.00. The first-order valence-corrected chi connectivity index (χ1v) is 10.5. The van der Waals surface area contributed by atoms with Crippen molar-refractivity contribution >= 4 is 32.2 Å². The van der Waals surface area contributed by atoms with Crippen molar-refractivity contribution in [2.24, 2.45) is 0 Å². The number of nitrogens with one attached hydrogen (secondary N) is 2. The minimum absolute atomic E-state index is 0.190. The van der Waals surface area contributed by atoms with Crippen molar-refractivity contribution in [2.75, 3.05) is 11.6 Å². The molecule has 0 bridgehead atoms. The van der Waals surface area contributed by atoms with Crippen molar-refractivity contribution < 1.29 is 13.2 Å². The second-order valence-electron chi connectivity index (χ2n) is 6.01. The largest absolute Gasteiger partial charge is 0.342 e. The van der Waals surface area contributed by atoms with Crippen LogP contribution in [0.1, 0.15) is 18.3 Å². The van der Waals surface area contributed by atoms with Crippen LogP contribution in [-0.2, 0) is 14.6 Å². The number of H-pyrrole nitrogens is 1. The lowest BCUT2D eigenvalue weighted by atomic mass is 10.1. The lowest BCUT2D eigenvalue weighted by Gasteiger charge is -2.08. The maximum Gasteiger partial charge on any atom is 0.223 e. The minimum Gasteiger partial charge on any atom is -0.342 e. The van der Waals surface area contributed by atoms with Crippen molar-refractivity contribution in [1.29, 1.82) is 0 Å². The van der Waals surface area contributed by atoms with Crippen LogP contribution in [0.15, 0.2) is 29.3 Å². The lowest BCUT2D eigenvalue weighted by molar-refractivity contribution is -0.114. The van der Waals surface area contributed by atoms with E-state index < -0.39 is 9.84 Å². The van der Waals surface area contributed by atoms with E-state index in [0.717, 1.165) is 21.8 Å². The third kappa shape index (κ3) is 3.68. The van der Waals surface area contributed by atoms with E-state index >= 15 is 0 Å². The summed E-state index contributed by atoms with van der Waals surface area (Å²) in [5.74, 6) is 0.304. The fourth-order valence-electron chi connectivity index (χ4n) is 2.60. The molecule has 0 fully saturated rings. The number of hydrogen-bond donors (Lipinski definition) is 2. The summed E-state index contributed by atoms with van der Waals surface area (Å²) in [5.41, 5.74) is 2.92. The predicted molar refractivity (Wildman–Crippen MR) is 102 cm³/mol. The molecule has 136 valence electrons. The molecule has 2 N–H and O–H groups in total. The number of imidazole rings is 1. The van der Waals surface area contributed by atoms with Gasteiger partial charge in [-0.2, -0.15) is 0 Å². The van der Waals surface area contributed by atoms with Gasteiger partial charge in [-0.05, 0) is 31.5 Å². The molecular formula is C17H18N4O3S2. The van der Waals surface area contributed by atoms with Crippen LogP contribution in [0.5, 0.6) is 0 Å². The molecule has 26 heavy (non-hydrogen) atoms. The Hall–Kier alpha value is -2.52. The van der Waals surface area contributed by atoms with Gasteiger partial charge in [0.2, 0.25) is 5.91 Å². The number of sulfone groups is 1. The minimum atomic E-state index is -3.42. The van der Waals surface area contributed by atoms with E-state index in [0.29, 0.717) is 16.5 Å². The smallest absolute Gasteiger partial charge is 0.223 e. The Morgan fingerprint density at radius 2 is 2.00 bits per heavy atom. The van der Waals surface area contributed by atoms with Gasteiger partial charge in [-0.3, -0.25) is 4.79 Å². The first-order chi connectivity index (χ1) is 12.1. The number of aromatic amines is 1. The Bertz CT molecular complexity index is 1100.